The molecule has 1 fully saturated rings. The van der Waals surface area contributed by atoms with Crippen LogP contribution in [-0.2, 0) is 13.6 Å². The van der Waals surface area contributed by atoms with Crippen molar-refractivity contribution in [3.8, 4) is 0 Å². The van der Waals surface area contributed by atoms with Crippen molar-refractivity contribution in [2.45, 2.75) is 66.0 Å². The van der Waals surface area contributed by atoms with Crippen molar-refractivity contribution in [3.05, 3.63) is 40.0 Å². The fraction of sp³-hybridized carbons (Fsp3) is 0.545. The van der Waals surface area contributed by atoms with Crippen molar-refractivity contribution in [1.82, 2.24) is 29.4 Å². The standard InChI is InChI=1S/C22H30N6O/c1-12(2)28-21-20(14(4)25-28)17(10-19(23-21)16-8-9-16)22(29)26(6)11-18-13(3)24-27(7)15(18)5/h10,12,16H,8-9,11H2,1-7H3. The molecule has 3 aromatic rings. The predicted molar refractivity (Wildman–Crippen MR) is 113 cm³/mol. The molecule has 0 radical (unpaired) electrons. The van der Waals surface area contributed by atoms with Gasteiger partial charge in [0.25, 0.3) is 5.91 Å². The molecule has 3 heterocycles. The molecule has 7 heteroatoms. The Labute approximate surface area is 171 Å². The van der Waals surface area contributed by atoms with Crippen LogP contribution >= 0.6 is 0 Å². The number of rotatable bonds is 5. The summed E-state index contributed by atoms with van der Waals surface area (Å²) in [5.74, 6) is 0.475. The van der Waals surface area contributed by atoms with E-state index in [1.807, 2.05) is 50.3 Å². The van der Waals surface area contributed by atoms with Crippen LogP contribution in [0.15, 0.2) is 6.07 Å². The Hall–Kier alpha value is -2.70. The normalized spacial score (nSPS) is 14.2. The van der Waals surface area contributed by atoms with Crippen LogP contribution in [0.1, 0.15) is 77.3 Å². The highest BCUT2D eigenvalue weighted by Gasteiger charge is 2.30. The molecule has 0 bridgehead atoms. The third kappa shape index (κ3) is 3.32. The lowest BCUT2D eigenvalue weighted by Crippen LogP contribution is -2.27. The number of carbonyl (C=O) groups is 1. The van der Waals surface area contributed by atoms with Crippen LogP contribution in [0.4, 0.5) is 0 Å². The van der Waals surface area contributed by atoms with E-state index in [0.717, 1.165) is 52.2 Å². The molecule has 3 aromatic heterocycles. The molecule has 1 saturated carbocycles. The van der Waals surface area contributed by atoms with Crippen LogP contribution in [0, 0.1) is 20.8 Å². The van der Waals surface area contributed by atoms with E-state index in [1.165, 1.54) is 0 Å². The van der Waals surface area contributed by atoms with E-state index in [9.17, 15) is 4.79 Å². The van der Waals surface area contributed by atoms with Gasteiger partial charge < -0.3 is 4.90 Å². The van der Waals surface area contributed by atoms with Gasteiger partial charge in [0, 0.05) is 49.6 Å². The molecule has 1 aliphatic rings. The third-order valence-corrected chi connectivity index (χ3v) is 5.97. The number of aryl methyl sites for hydroxylation is 3. The van der Waals surface area contributed by atoms with Gasteiger partial charge in [-0.05, 0) is 53.5 Å². The van der Waals surface area contributed by atoms with E-state index in [1.54, 1.807) is 4.90 Å². The summed E-state index contributed by atoms with van der Waals surface area (Å²) in [6, 6.07) is 2.19. The first-order valence-corrected chi connectivity index (χ1v) is 10.3. The molecule has 4 rings (SSSR count). The van der Waals surface area contributed by atoms with Gasteiger partial charge in [0.15, 0.2) is 5.65 Å². The molecule has 1 amide bonds. The van der Waals surface area contributed by atoms with Gasteiger partial charge >= 0.3 is 0 Å². The average molecular weight is 395 g/mol. The molecule has 0 spiro atoms. The summed E-state index contributed by atoms with van der Waals surface area (Å²) in [7, 11) is 3.80. The molecule has 0 aliphatic heterocycles. The first-order chi connectivity index (χ1) is 13.7. The molecular formula is C22H30N6O. The lowest BCUT2D eigenvalue weighted by Gasteiger charge is -2.19. The van der Waals surface area contributed by atoms with Crippen LogP contribution in [0.25, 0.3) is 11.0 Å². The van der Waals surface area contributed by atoms with Crippen molar-refractivity contribution >= 4 is 16.9 Å². The Kier molecular flexibility index (Phi) is 4.71. The first kappa shape index (κ1) is 19.6. The van der Waals surface area contributed by atoms with Crippen LogP contribution < -0.4 is 0 Å². The molecular weight excluding hydrogens is 364 g/mol. The Balaban J connectivity index is 1.78. The highest BCUT2D eigenvalue weighted by Crippen LogP contribution is 2.41. The van der Waals surface area contributed by atoms with E-state index in [4.69, 9.17) is 10.1 Å². The minimum absolute atomic E-state index is 0.00774. The first-order valence-electron chi connectivity index (χ1n) is 10.3. The molecule has 7 nitrogen and oxygen atoms in total. The lowest BCUT2D eigenvalue weighted by atomic mass is 10.1. The summed E-state index contributed by atoms with van der Waals surface area (Å²) in [6.45, 7) is 10.7. The second-order valence-corrected chi connectivity index (χ2v) is 8.63. The van der Waals surface area contributed by atoms with Gasteiger partial charge in [-0.2, -0.15) is 10.2 Å². The number of hydrogen-bond acceptors (Lipinski definition) is 4. The van der Waals surface area contributed by atoms with Crippen molar-refractivity contribution in [2.24, 2.45) is 7.05 Å². The van der Waals surface area contributed by atoms with E-state index in [0.29, 0.717) is 18.0 Å². The van der Waals surface area contributed by atoms with Gasteiger partial charge in [0.05, 0.1) is 22.3 Å². The van der Waals surface area contributed by atoms with Crippen LogP contribution in [-0.4, -0.2) is 42.4 Å². The quantitative estimate of drug-likeness (QED) is 0.660. The molecule has 1 aliphatic carbocycles. The fourth-order valence-electron chi connectivity index (χ4n) is 4.01. The number of nitrogens with zero attached hydrogens (tertiary/aromatic N) is 6. The third-order valence-electron chi connectivity index (χ3n) is 5.97. The zero-order chi connectivity index (χ0) is 21.0. The van der Waals surface area contributed by atoms with Gasteiger partial charge in [-0.15, -0.1) is 0 Å². The Bertz CT molecular complexity index is 1100. The summed E-state index contributed by atoms with van der Waals surface area (Å²) in [5.41, 5.74) is 6.57. The second-order valence-electron chi connectivity index (χ2n) is 8.63. The van der Waals surface area contributed by atoms with Crippen LogP contribution in [0.2, 0.25) is 0 Å². The smallest absolute Gasteiger partial charge is 0.254 e. The maximum atomic E-state index is 13.6. The number of aromatic nitrogens is 5. The largest absolute Gasteiger partial charge is 0.337 e. The van der Waals surface area contributed by atoms with Gasteiger partial charge in [0.2, 0.25) is 0 Å². The molecule has 0 N–H and O–H groups in total. The SMILES string of the molecule is Cc1nn(C)c(C)c1CN(C)C(=O)c1cc(C2CC2)nc2c1c(C)nn2C(C)C. The molecule has 0 unspecified atom stereocenters. The monoisotopic (exact) mass is 394 g/mol. The second kappa shape index (κ2) is 6.97. The van der Waals surface area contributed by atoms with Crippen molar-refractivity contribution in [1.29, 1.82) is 0 Å². The van der Waals surface area contributed by atoms with E-state index >= 15 is 0 Å². The lowest BCUT2D eigenvalue weighted by molar-refractivity contribution is 0.0786. The highest BCUT2D eigenvalue weighted by molar-refractivity contribution is 6.06. The average Bonchev–Trinajstić information content (AvgIpc) is 3.43. The topological polar surface area (TPSA) is 68.8 Å². The van der Waals surface area contributed by atoms with Gasteiger partial charge in [-0.3, -0.25) is 9.48 Å². The number of carbonyl (C=O) groups excluding carboxylic acids is 1. The van der Waals surface area contributed by atoms with Gasteiger partial charge in [-0.25, -0.2) is 9.67 Å². The summed E-state index contributed by atoms with van der Waals surface area (Å²) in [6.07, 6.45) is 2.29. The van der Waals surface area contributed by atoms with Crippen LogP contribution in [0.3, 0.4) is 0 Å². The minimum atomic E-state index is 0.00774. The number of fused-ring (bicyclic) bond motifs is 1. The van der Waals surface area contributed by atoms with Crippen LogP contribution in [0.5, 0.6) is 0 Å². The fourth-order valence-corrected chi connectivity index (χ4v) is 4.01. The van der Waals surface area contributed by atoms with Gasteiger partial charge in [-0.1, -0.05) is 0 Å². The Morgan fingerprint density at radius 2 is 1.90 bits per heavy atom. The number of amides is 1. The zero-order valence-electron chi connectivity index (χ0n) is 18.4. The van der Waals surface area contributed by atoms with Crippen molar-refractivity contribution in [2.75, 3.05) is 7.05 Å². The molecule has 0 saturated heterocycles. The predicted octanol–water partition coefficient (Wildman–Crippen LogP) is 3.82. The van der Waals surface area contributed by atoms with E-state index < -0.39 is 0 Å². The molecule has 0 aromatic carbocycles. The van der Waals surface area contributed by atoms with E-state index in [-0.39, 0.29) is 11.9 Å². The van der Waals surface area contributed by atoms with Crippen molar-refractivity contribution < 1.29 is 4.79 Å². The maximum Gasteiger partial charge on any atom is 0.254 e. The van der Waals surface area contributed by atoms with Gasteiger partial charge in [0.1, 0.15) is 0 Å². The highest BCUT2D eigenvalue weighted by atomic mass is 16.2. The maximum absolute atomic E-state index is 13.6. The summed E-state index contributed by atoms with van der Waals surface area (Å²) >= 11 is 0. The molecule has 154 valence electrons. The summed E-state index contributed by atoms with van der Waals surface area (Å²) in [5, 5.41) is 10.1. The number of hydrogen-bond donors (Lipinski definition) is 0. The summed E-state index contributed by atoms with van der Waals surface area (Å²) < 4.78 is 3.82. The summed E-state index contributed by atoms with van der Waals surface area (Å²) in [4.78, 5) is 20.3. The molecule has 0 atom stereocenters. The zero-order valence-corrected chi connectivity index (χ0v) is 18.4. The molecule has 29 heavy (non-hydrogen) atoms. The Morgan fingerprint density at radius 3 is 2.45 bits per heavy atom. The number of pyridine rings is 1. The van der Waals surface area contributed by atoms with Crippen molar-refractivity contribution in [3.63, 3.8) is 0 Å². The Morgan fingerprint density at radius 1 is 1.21 bits per heavy atom. The van der Waals surface area contributed by atoms with E-state index in [2.05, 4.69) is 18.9 Å². The minimum Gasteiger partial charge on any atom is -0.337 e.